The highest BCUT2D eigenvalue weighted by Gasteiger charge is 2.28. The van der Waals surface area contributed by atoms with E-state index in [1.165, 1.54) is 18.4 Å². The molecule has 3 nitrogen and oxygen atoms in total. The zero-order valence-corrected chi connectivity index (χ0v) is 12.8. The Balaban J connectivity index is 1.86. The van der Waals surface area contributed by atoms with Crippen LogP contribution in [0.25, 0.3) is 0 Å². The Bertz CT molecular complexity index is 417. The minimum absolute atomic E-state index is 0.422. The van der Waals surface area contributed by atoms with E-state index in [1.807, 2.05) is 12.1 Å². The predicted octanol–water partition coefficient (Wildman–Crippen LogP) is 1.62. The fraction of sp³-hybridized carbons (Fsp3) is 0.625. The highest BCUT2D eigenvalue weighted by atomic mass is 16.4. The van der Waals surface area contributed by atoms with Crippen LogP contribution < -0.4 is 5.46 Å². The van der Waals surface area contributed by atoms with Crippen LogP contribution in [0.2, 0.25) is 0 Å². The summed E-state index contributed by atoms with van der Waals surface area (Å²) in [4.78, 5) is 2.49. The molecular weight excluding hydrogens is 249 g/mol. The monoisotopic (exact) mass is 275 g/mol. The van der Waals surface area contributed by atoms with Gasteiger partial charge in [-0.15, -0.1) is 0 Å². The average Bonchev–Trinajstić information content (AvgIpc) is 2.39. The molecule has 110 valence electrons. The lowest BCUT2D eigenvalue weighted by molar-refractivity contribution is 0.108. The fourth-order valence-electron chi connectivity index (χ4n) is 3.01. The highest BCUT2D eigenvalue weighted by molar-refractivity contribution is 6.58. The van der Waals surface area contributed by atoms with Crippen molar-refractivity contribution in [1.29, 1.82) is 0 Å². The Kier molecular flexibility index (Phi) is 4.89. The third-order valence-electron chi connectivity index (χ3n) is 4.50. The van der Waals surface area contributed by atoms with Gasteiger partial charge in [0.25, 0.3) is 0 Å². The lowest BCUT2D eigenvalue weighted by atomic mass is 9.75. The summed E-state index contributed by atoms with van der Waals surface area (Å²) in [6.45, 7) is 10.3. The molecule has 1 saturated heterocycles. The van der Waals surface area contributed by atoms with Crippen LogP contribution in [-0.4, -0.2) is 35.2 Å². The number of hydrogen-bond acceptors (Lipinski definition) is 3. The number of piperidine rings is 1. The largest absolute Gasteiger partial charge is 0.488 e. The maximum Gasteiger partial charge on any atom is 0.488 e. The number of rotatable bonds is 3. The van der Waals surface area contributed by atoms with Gasteiger partial charge in [-0.3, -0.25) is 4.90 Å². The molecule has 0 spiro atoms. The standard InChI is InChI=1S/C16H26BNO2/c1-16(2,3)14-8-10-18(11-9-14)12-13-4-6-15(7-5-13)17(19)20/h4-7,14,19-20H,8-12H2,1-3H3. The van der Waals surface area contributed by atoms with Crippen molar-refractivity contribution in [3.8, 4) is 0 Å². The first-order valence-corrected chi connectivity index (χ1v) is 7.53. The molecule has 2 N–H and O–H groups in total. The van der Waals surface area contributed by atoms with Gasteiger partial charge in [-0.1, -0.05) is 45.0 Å². The Labute approximate surface area is 122 Å². The molecule has 1 aliphatic rings. The quantitative estimate of drug-likeness (QED) is 0.824. The van der Waals surface area contributed by atoms with Crippen molar-refractivity contribution in [1.82, 2.24) is 4.90 Å². The van der Waals surface area contributed by atoms with Gasteiger partial charge in [-0.25, -0.2) is 0 Å². The van der Waals surface area contributed by atoms with E-state index in [0.717, 1.165) is 25.6 Å². The van der Waals surface area contributed by atoms with Gasteiger partial charge in [0.15, 0.2) is 0 Å². The zero-order valence-electron chi connectivity index (χ0n) is 12.8. The molecule has 4 heteroatoms. The maximum atomic E-state index is 9.09. The molecule has 1 fully saturated rings. The molecule has 0 atom stereocenters. The minimum Gasteiger partial charge on any atom is -0.423 e. The van der Waals surface area contributed by atoms with Crippen molar-refractivity contribution in [2.45, 2.75) is 40.2 Å². The summed E-state index contributed by atoms with van der Waals surface area (Å²) >= 11 is 0. The minimum atomic E-state index is -1.37. The van der Waals surface area contributed by atoms with Crippen LogP contribution in [0.5, 0.6) is 0 Å². The highest BCUT2D eigenvalue weighted by Crippen LogP contribution is 2.34. The van der Waals surface area contributed by atoms with Crippen LogP contribution in [0.4, 0.5) is 0 Å². The molecule has 1 aliphatic heterocycles. The average molecular weight is 275 g/mol. The summed E-state index contributed by atoms with van der Waals surface area (Å²) in [6.07, 6.45) is 2.55. The first-order valence-electron chi connectivity index (χ1n) is 7.53. The molecule has 1 heterocycles. The van der Waals surface area contributed by atoms with Crippen molar-refractivity contribution < 1.29 is 10.0 Å². The molecular formula is C16H26BNO2. The topological polar surface area (TPSA) is 43.7 Å². The van der Waals surface area contributed by atoms with E-state index in [-0.39, 0.29) is 0 Å². The predicted molar refractivity (Wildman–Crippen MR) is 83.7 cm³/mol. The Morgan fingerprint density at radius 1 is 1.10 bits per heavy atom. The zero-order chi connectivity index (χ0) is 14.8. The summed E-state index contributed by atoms with van der Waals surface area (Å²) < 4.78 is 0. The van der Waals surface area contributed by atoms with Gasteiger partial charge < -0.3 is 10.0 Å². The molecule has 1 aromatic rings. The Hall–Kier alpha value is -0.835. The van der Waals surface area contributed by atoms with Crippen molar-refractivity contribution in [2.75, 3.05) is 13.1 Å². The fourth-order valence-corrected chi connectivity index (χ4v) is 3.01. The Morgan fingerprint density at radius 3 is 2.10 bits per heavy atom. The third kappa shape index (κ3) is 4.08. The summed E-state index contributed by atoms with van der Waals surface area (Å²) in [6, 6.07) is 7.57. The molecule has 0 bridgehead atoms. The SMILES string of the molecule is CC(C)(C)C1CCN(Cc2ccc(B(O)O)cc2)CC1. The number of nitrogens with zero attached hydrogens (tertiary/aromatic N) is 1. The number of benzene rings is 1. The van der Waals surface area contributed by atoms with E-state index < -0.39 is 7.12 Å². The summed E-state index contributed by atoms with van der Waals surface area (Å²) in [5.41, 5.74) is 2.22. The lowest BCUT2D eigenvalue weighted by Gasteiger charge is -2.38. The van der Waals surface area contributed by atoms with E-state index in [9.17, 15) is 0 Å². The van der Waals surface area contributed by atoms with Crippen LogP contribution in [0.1, 0.15) is 39.2 Å². The molecule has 0 amide bonds. The van der Waals surface area contributed by atoms with Crippen molar-refractivity contribution in [3.63, 3.8) is 0 Å². The first kappa shape index (κ1) is 15.6. The van der Waals surface area contributed by atoms with Crippen molar-refractivity contribution in [2.24, 2.45) is 11.3 Å². The second kappa shape index (κ2) is 6.29. The molecule has 0 aromatic heterocycles. The van der Waals surface area contributed by atoms with Gasteiger partial charge in [0.05, 0.1) is 0 Å². The smallest absolute Gasteiger partial charge is 0.423 e. The maximum absolute atomic E-state index is 9.09. The normalized spacial score (nSPS) is 18.2. The van der Waals surface area contributed by atoms with E-state index in [0.29, 0.717) is 10.9 Å². The van der Waals surface area contributed by atoms with Crippen LogP contribution in [0, 0.1) is 11.3 Å². The second-order valence-corrected chi connectivity index (χ2v) is 7.03. The number of hydrogen-bond donors (Lipinski definition) is 2. The van der Waals surface area contributed by atoms with Gasteiger partial charge in [0, 0.05) is 6.54 Å². The van der Waals surface area contributed by atoms with Crippen LogP contribution >= 0.6 is 0 Å². The molecule has 1 aromatic carbocycles. The Morgan fingerprint density at radius 2 is 1.65 bits per heavy atom. The van der Waals surface area contributed by atoms with Crippen LogP contribution in [0.3, 0.4) is 0 Å². The molecule has 0 saturated carbocycles. The third-order valence-corrected chi connectivity index (χ3v) is 4.50. The molecule has 0 unspecified atom stereocenters. The van der Waals surface area contributed by atoms with E-state index >= 15 is 0 Å². The van der Waals surface area contributed by atoms with Crippen LogP contribution in [0.15, 0.2) is 24.3 Å². The summed E-state index contributed by atoms with van der Waals surface area (Å²) in [5, 5.41) is 18.2. The molecule has 20 heavy (non-hydrogen) atoms. The van der Waals surface area contributed by atoms with Gasteiger partial charge in [-0.05, 0) is 48.3 Å². The van der Waals surface area contributed by atoms with E-state index in [1.54, 1.807) is 12.1 Å². The van der Waals surface area contributed by atoms with E-state index in [4.69, 9.17) is 10.0 Å². The van der Waals surface area contributed by atoms with Crippen molar-refractivity contribution >= 4 is 12.6 Å². The van der Waals surface area contributed by atoms with Gasteiger partial charge in [0.2, 0.25) is 0 Å². The van der Waals surface area contributed by atoms with Gasteiger partial charge in [0.1, 0.15) is 0 Å². The summed E-state index contributed by atoms with van der Waals surface area (Å²) in [5.74, 6) is 0.825. The van der Waals surface area contributed by atoms with E-state index in [2.05, 4.69) is 25.7 Å². The number of likely N-dealkylation sites (tertiary alicyclic amines) is 1. The molecule has 2 rings (SSSR count). The first-order chi connectivity index (χ1) is 9.36. The van der Waals surface area contributed by atoms with Gasteiger partial charge in [-0.2, -0.15) is 0 Å². The van der Waals surface area contributed by atoms with Crippen LogP contribution in [-0.2, 0) is 6.54 Å². The molecule has 0 aliphatic carbocycles. The summed E-state index contributed by atoms with van der Waals surface area (Å²) in [7, 11) is -1.37. The van der Waals surface area contributed by atoms with Gasteiger partial charge >= 0.3 is 7.12 Å². The second-order valence-electron chi connectivity index (χ2n) is 7.03. The molecule has 0 radical (unpaired) electrons. The lowest BCUT2D eigenvalue weighted by Crippen LogP contribution is -2.37. The van der Waals surface area contributed by atoms with Crippen molar-refractivity contribution in [3.05, 3.63) is 29.8 Å².